The molecule has 0 spiro atoms. The molecule has 0 saturated carbocycles. The van der Waals surface area contributed by atoms with Crippen LogP contribution in [0.25, 0.3) is 0 Å². The second-order valence-electron chi connectivity index (χ2n) is 0.189. The molecule has 0 unspecified atom stereocenters. The van der Waals surface area contributed by atoms with Crippen molar-refractivity contribution in [3.05, 3.63) is 0 Å². The summed E-state index contributed by atoms with van der Waals surface area (Å²) in [5, 5.41) is 0. The predicted molar refractivity (Wildman–Crippen MR) is 13.6 cm³/mol. The van der Waals surface area contributed by atoms with Gasteiger partial charge in [0.2, 0.25) is 0 Å². The molecule has 0 bridgehead atoms. The van der Waals surface area contributed by atoms with Crippen LogP contribution in [0.1, 0.15) is 0 Å². The minimum atomic E-state index is 0. The first kappa shape index (κ1) is 8.82. The van der Waals surface area contributed by atoms with E-state index in [4.69, 9.17) is 11.6 Å². The van der Waals surface area contributed by atoms with Crippen LogP contribution >= 0.6 is 11.6 Å². The van der Waals surface area contributed by atoms with Crippen LogP contribution < -0.4 is 18.1 Å². The SMILES string of the molecule is [Cl-].[NH3+]CCl. The van der Waals surface area contributed by atoms with E-state index in [0.717, 1.165) is 0 Å². The van der Waals surface area contributed by atoms with Crippen molar-refractivity contribution in [2.75, 3.05) is 6.00 Å². The molecule has 1 nitrogen and oxygen atoms in total. The normalized spacial score (nSPS) is 4.50. The van der Waals surface area contributed by atoms with Crippen molar-refractivity contribution in [2.24, 2.45) is 0 Å². The summed E-state index contributed by atoms with van der Waals surface area (Å²) >= 11 is 4.89. The maximum Gasteiger partial charge on any atom is 0.150 e. The average molecular weight is 102 g/mol. The van der Waals surface area contributed by atoms with Gasteiger partial charge < -0.3 is 18.1 Å². The van der Waals surface area contributed by atoms with Crippen LogP contribution in [0, 0.1) is 0 Å². The van der Waals surface area contributed by atoms with Crippen LogP contribution in [0.15, 0.2) is 0 Å². The minimum Gasteiger partial charge on any atom is -1.00 e. The molecule has 3 heteroatoms. The van der Waals surface area contributed by atoms with E-state index in [0.29, 0.717) is 6.00 Å². The van der Waals surface area contributed by atoms with Gasteiger partial charge in [0.1, 0.15) is 6.00 Å². The highest BCUT2D eigenvalue weighted by Gasteiger charge is 1.40. The summed E-state index contributed by atoms with van der Waals surface area (Å²) in [4.78, 5) is 0. The lowest BCUT2D eigenvalue weighted by Gasteiger charge is -1.46. The second-order valence-corrected chi connectivity index (χ2v) is 0.567. The Morgan fingerprint density at radius 3 is 1.75 bits per heavy atom. The number of quaternary nitrogens is 1. The van der Waals surface area contributed by atoms with E-state index < -0.39 is 0 Å². The van der Waals surface area contributed by atoms with E-state index in [2.05, 4.69) is 5.73 Å². The number of alkyl halides is 1. The zero-order valence-electron chi connectivity index (χ0n) is 2.17. The van der Waals surface area contributed by atoms with Gasteiger partial charge in [-0.25, -0.2) is 0 Å². The Morgan fingerprint density at radius 2 is 1.75 bits per heavy atom. The third-order valence-corrected chi connectivity index (χ3v) is 0. The zero-order valence-corrected chi connectivity index (χ0v) is 3.68. The lowest BCUT2D eigenvalue weighted by molar-refractivity contribution is -0.341. The molecule has 0 heterocycles. The van der Waals surface area contributed by atoms with Gasteiger partial charge in [0.25, 0.3) is 0 Å². The molecule has 0 saturated heterocycles. The first-order chi connectivity index (χ1) is 1.41. The highest BCUT2D eigenvalue weighted by atomic mass is 35.5. The molecule has 0 fully saturated rings. The Hall–Kier alpha value is 0.540. The van der Waals surface area contributed by atoms with Gasteiger partial charge in [-0.05, 0) is 0 Å². The van der Waals surface area contributed by atoms with Gasteiger partial charge in [-0.3, -0.25) is 0 Å². The predicted octanol–water partition coefficient (Wildman–Crippen LogP) is -3.57. The summed E-state index contributed by atoms with van der Waals surface area (Å²) in [5.74, 6) is 0. The molecule has 0 radical (unpaired) electrons. The Kier molecular flexibility index (Phi) is 21.2. The summed E-state index contributed by atoms with van der Waals surface area (Å²) in [6, 6.07) is 0.472. The summed E-state index contributed by atoms with van der Waals surface area (Å²) in [5.41, 5.74) is 3.25. The second kappa shape index (κ2) is 9.63. The fourth-order valence-corrected chi connectivity index (χ4v) is 0. The fraction of sp³-hybridized carbons (Fsp3) is 1.00. The number of rotatable bonds is 0. The molecule has 0 aromatic heterocycles. The molecule has 3 N–H and O–H groups in total. The van der Waals surface area contributed by atoms with Crippen LogP contribution in [0.2, 0.25) is 0 Å². The molecule has 0 aliphatic heterocycles. The highest BCUT2D eigenvalue weighted by molar-refractivity contribution is 6.16. The Morgan fingerprint density at radius 1 is 1.75 bits per heavy atom. The van der Waals surface area contributed by atoms with E-state index in [-0.39, 0.29) is 12.4 Å². The lowest BCUT2D eigenvalue weighted by Crippen LogP contribution is -3.00. The van der Waals surface area contributed by atoms with Gasteiger partial charge in [-0.15, -0.1) is 0 Å². The molecule has 0 rings (SSSR count). The van der Waals surface area contributed by atoms with E-state index in [1.54, 1.807) is 0 Å². The number of hydrogen-bond acceptors (Lipinski definition) is 0. The van der Waals surface area contributed by atoms with Gasteiger partial charge in [-0.1, -0.05) is 11.6 Å². The Labute approximate surface area is 36.5 Å². The quantitative estimate of drug-likeness (QED) is 0.242. The monoisotopic (exact) mass is 101 g/mol. The van der Waals surface area contributed by atoms with Gasteiger partial charge >= 0.3 is 0 Å². The molecule has 28 valence electrons. The summed E-state index contributed by atoms with van der Waals surface area (Å²) < 4.78 is 0. The molecule has 4 heavy (non-hydrogen) atoms. The van der Waals surface area contributed by atoms with Crippen molar-refractivity contribution in [3.63, 3.8) is 0 Å². The van der Waals surface area contributed by atoms with Crippen molar-refractivity contribution in [3.8, 4) is 0 Å². The third-order valence-electron chi connectivity index (χ3n) is 0. The van der Waals surface area contributed by atoms with E-state index in [9.17, 15) is 0 Å². The Bertz CT molecular complexity index is 6.00. The summed E-state index contributed by atoms with van der Waals surface area (Å²) in [7, 11) is 0. The van der Waals surface area contributed by atoms with Crippen molar-refractivity contribution < 1.29 is 18.1 Å². The maximum atomic E-state index is 4.89. The highest BCUT2D eigenvalue weighted by Crippen LogP contribution is 1.43. The first-order valence-electron chi connectivity index (χ1n) is 0.767. The maximum absolute atomic E-state index is 4.89. The van der Waals surface area contributed by atoms with E-state index in [1.807, 2.05) is 0 Å². The van der Waals surface area contributed by atoms with Crippen LogP contribution in [0.3, 0.4) is 0 Å². The first-order valence-corrected chi connectivity index (χ1v) is 1.30. The molecule has 0 aliphatic carbocycles. The molecular formula is CH5Cl2N. The molecule has 0 aromatic carbocycles. The lowest BCUT2D eigenvalue weighted by atomic mass is 11.6. The van der Waals surface area contributed by atoms with Crippen molar-refractivity contribution in [2.45, 2.75) is 0 Å². The molecule has 0 aromatic rings. The van der Waals surface area contributed by atoms with Gasteiger partial charge in [-0.2, -0.15) is 0 Å². The topological polar surface area (TPSA) is 27.6 Å². The van der Waals surface area contributed by atoms with Gasteiger partial charge in [0, 0.05) is 0 Å². The average Bonchev–Trinajstić information content (AvgIpc) is 0.918. The molecule has 0 aliphatic rings. The van der Waals surface area contributed by atoms with Crippen LogP contribution in [0.5, 0.6) is 0 Å². The molecule has 0 atom stereocenters. The van der Waals surface area contributed by atoms with Crippen molar-refractivity contribution >= 4 is 11.6 Å². The van der Waals surface area contributed by atoms with Gasteiger partial charge in [0.05, 0.1) is 0 Å². The molecule has 0 amide bonds. The van der Waals surface area contributed by atoms with E-state index >= 15 is 0 Å². The van der Waals surface area contributed by atoms with Crippen molar-refractivity contribution in [1.29, 1.82) is 0 Å². The standard InChI is InChI=1S/CH4ClN.ClH/c2-1-3;/h1,3H2;1H. The van der Waals surface area contributed by atoms with Crippen LogP contribution in [-0.4, -0.2) is 6.00 Å². The number of hydrogen-bond donors (Lipinski definition) is 1. The fourth-order valence-electron chi connectivity index (χ4n) is 0. The van der Waals surface area contributed by atoms with Gasteiger partial charge in [0.15, 0.2) is 0 Å². The number of halogens is 2. The van der Waals surface area contributed by atoms with Crippen LogP contribution in [0.4, 0.5) is 0 Å². The van der Waals surface area contributed by atoms with Crippen LogP contribution in [-0.2, 0) is 0 Å². The zero-order chi connectivity index (χ0) is 2.71. The Balaban J connectivity index is 0. The molecular weight excluding hydrogens is 96.9 g/mol. The summed E-state index contributed by atoms with van der Waals surface area (Å²) in [6.07, 6.45) is 0. The minimum absolute atomic E-state index is 0. The smallest absolute Gasteiger partial charge is 0.150 e. The largest absolute Gasteiger partial charge is 1.00 e. The van der Waals surface area contributed by atoms with Crippen molar-refractivity contribution in [1.82, 2.24) is 0 Å². The third kappa shape index (κ3) is 20.7. The summed E-state index contributed by atoms with van der Waals surface area (Å²) in [6.45, 7) is 0. The van der Waals surface area contributed by atoms with E-state index in [1.165, 1.54) is 0 Å².